The van der Waals surface area contributed by atoms with Crippen molar-refractivity contribution < 1.29 is 13.7 Å². The maximum atomic E-state index is 13.1. The molecule has 0 radical (unpaired) electrons. The van der Waals surface area contributed by atoms with Gasteiger partial charge in [-0.05, 0) is 25.1 Å². The number of nitro groups is 1. The van der Waals surface area contributed by atoms with Crippen LogP contribution < -0.4 is 5.32 Å². The third kappa shape index (κ3) is 2.48. The fraction of sp³-hybridized carbons (Fsp3) is 0.167. The normalized spacial score (nSPS) is 12.1. The first-order valence-electron chi connectivity index (χ1n) is 5.32. The van der Waals surface area contributed by atoms with Crippen LogP contribution in [0.5, 0.6) is 0 Å². The van der Waals surface area contributed by atoms with Gasteiger partial charge in [-0.1, -0.05) is 0 Å². The van der Waals surface area contributed by atoms with Gasteiger partial charge in [0.15, 0.2) is 0 Å². The molecule has 94 valence electrons. The molecule has 0 saturated heterocycles. The molecule has 0 fully saturated rings. The molecule has 0 aliphatic rings. The van der Waals surface area contributed by atoms with Crippen LogP contribution >= 0.6 is 0 Å². The standard InChI is InChI=1S/C12H11FN2O3/c1-8(12-3-2-6-18-12)14-10-7-9(13)4-5-11(10)15(16)17/h2-8,14H,1H3. The van der Waals surface area contributed by atoms with E-state index in [1.165, 1.54) is 6.26 Å². The molecule has 0 aliphatic carbocycles. The third-order valence-corrected chi connectivity index (χ3v) is 2.50. The predicted molar refractivity (Wildman–Crippen MR) is 63.8 cm³/mol. The topological polar surface area (TPSA) is 68.3 Å². The molecule has 2 rings (SSSR count). The van der Waals surface area contributed by atoms with Crippen LogP contribution in [0.2, 0.25) is 0 Å². The minimum Gasteiger partial charge on any atom is -0.467 e. The third-order valence-electron chi connectivity index (χ3n) is 2.50. The van der Waals surface area contributed by atoms with E-state index in [0.29, 0.717) is 5.76 Å². The van der Waals surface area contributed by atoms with Crippen molar-refractivity contribution >= 4 is 11.4 Å². The van der Waals surface area contributed by atoms with Gasteiger partial charge in [-0.25, -0.2) is 4.39 Å². The first-order chi connectivity index (χ1) is 8.58. The summed E-state index contributed by atoms with van der Waals surface area (Å²) in [6.07, 6.45) is 1.51. The maximum absolute atomic E-state index is 13.1. The van der Waals surface area contributed by atoms with E-state index >= 15 is 0 Å². The summed E-state index contributed by atoms with van der Waals surface area (Å²) in [5.41, 5.74) is -0.0429. The van der Waals surface area contributed by atoms with Crippen LogP contribution in [-0.4, -0.2) is 4.92 Å². The monoisotopic (exact) mass is 250 g/mol. The molecule has 1 unspecified atom stereocenters. The number of hydrogen-bond acceptors (Lipinski definition) is 4. The van der Waals surface area contributed by atoms with Crippen molar-refractivity contribution in [3.8, 4) is 0 Å². The molecule has 0 spiro atoms. The summed E-state index contributed by atoms with van der Waals surface area (Å²) in [4.78, 5) is 10.3. The summed E-state index contributed by atoms with van der Waals surface area (Å²) >= 11 is 0. The number of hydrogen-bond donors (Lipinski definition) is 1. The molecule has 0 bridgehead atoms. The average molecular weight is 250 g/mol. The molecule has 1 atom stereocenters. The Hall–Kier alpha value is -2.37. The fourth-order valence-electron chi connectivity index (χ4n) is 1.63. The number of benzene rings is 1. The van der Waals surface area contributed by atoms with Gasteiger partial charge in [0, 0.05) is 12.1 Å². The second-order valence-electron chi connectivity index (χ2n) is 3.80. The molecule has 1 N–H and O–H groups in total. The number of nitrogens with zero attached hydrogens (tertiary/aromatic N) is 1. The van der Waals surface area contributed by atoms with E-state index in [0.717, 1.165) is 18.2 Å². The number of anilines is 1. The van der Waals surface area contributed by atoms with Crippen LogP contribution in [0.1, 0.15) is 18.7 Å². The number of rotatable bonds is 4. The Balaban J connectivity index is 2.28. The molecule has 0 saturated carbocycles. The predicted octanol–water partition coefficient (Wildman–Crippen LogP) is 3.50. The highest BCUT2D eigenvalue weighted by Gasteiger charge is 2.17. The zero-order chi connectivity index (χ0) is 13.1. The van der Waals surface area contributed by atoms with Gasteiger partial charge in [0.2, 0.25) is 0 Å². The lowest BCUT2D eigenvalue weighted by Gasteiger charge is -2.12. The van der Waals surface area contributed by atoms with Crippen molar-refractivity contribution in [2.75, 3.05) is 5.32 Å². The zero-order valence-electron chi connectivity index (χ0n) is 9.59. The van der Waals surface area contributed by atoms with E-state index in [-0.39, 0.29) is 17.4 Å². The Labute approximate surface area is 102 Å². The van der Waals surface area contributed by atoms with E-state index in [9.17, 15) is 14.5 Å². The van der Waals surface area contributed by atoms with E-state index in [1.807, 2.05) is 0 Å². The Bertz CT molecular complexity index is 554. The van der Waals surface area contributed by atoms with Gasteiger partial charge in [-0.2, -0.15) is 0 Å². The van der Waals surface area contributed by atoms with Gasteiger partial charge in [0.05, 0.1) is 17.2 Å². The number of halogens is 1. The smallest absolute Gasteiger partial charge is 0.292 e. The van der Waals surface area contributed by atoms with Crippen LogP contribution in [0, 0.1) is 15.9 Å². The summed E-state index contributed by atoms with van der Waals surface area (Å²) in [5.74, 6) is 0.0864. The van der Waals surface area contributed by atoms with Crippen LogP contribution in [-0.2, 0) is 0 Å². The quantitative estimate of drug-likeness (QED) is 0.666. The van der Waals surface area contributed by atoms with Gasteiger partial charge in [-0.15, -0.1) is 0 Å². The van der Waals surface area contributed by atoms with Crippen molar-refractivity contribution in [2.45, 2.75) is 13.0 Å². The van der Waals surface area contributed by atoms with Gasteiger partial charge in [-0.3, -0.25) is 10.1 Å². The Morgan fingerprint density at radius 3 is 2.83 bits per heavy atom. The lowest BCUT2D eigenvalue weighted by molar-refractivity contribution is -0.384. The molecule has 6 heteroatoms. The SMILES string of the molecule is CC(Nc1cc(F)ccc1[N+](=O)[O-])c1ccco1. The van der Waals surface area contributed by atoms with Crippen LogP contribution in [0.4, 0.5) is 15.8 Å². The molecule has 1 heterocycles. The second kappa shape index (κ2) is 4.87. The fourth-order valence-corrected chi connectivity index (χ4v) is 1.63. The summed E-state index contributed by atoms with van der Waals surface area (Å²) < 4.78 is 18.3. The number of furan rings is 1. The van der Waals surface area contributed by atoms with Crippen molar-refractivity contribution in [1.29, 1.82) is 0 Å². The van der Waals surface area contributed by atoms with Crippen molar-refractivity contribution in [2.24, 2.45) is 0 Å². The van der Waals surface area contributed by atoms with E-state index in [4.69, 9.17) is 4.42 Å². The molecule has 18 heavy (non-hydrogen) atoms. The van der Waals surface area contributed by atoms with Gasteiger partial charge in [0.25, 0.3) is 5.69 Å². The molecule has 2 aromatic rings. The lowest BCUT2D eigenvalue weighted by Crippen LogP contribution is -2.07. The Kier molecular flexibility index (Phi) is 3.27. The number of nitro benzene ring substituents is 1. The summed E-state index contributed by atoms with van der Waals surface area (Å²) in [6.45, 7) is 1.77. The van der Waals surface area contributed by atoms with E-state index in [2.05, 4.69) is 5.32 Å². The average Bonchev–Trinajstić information content (AvgIpc) is 2.81. The molecule has 1 aromatic heterocycles. The summed E-state index contributed by atoms with van der Waals surface area (Å²) in [6, 6.07) is 6.45. The van der Waals surface area contributed by atoms with Gasteiger partial charge < -0.3 is 9.73 Å². The Morgan fingerprint density at radius 1 is 1.44 bits per heavy atom. The highest BCUT2D eigenvalue weighted by molar-refractivity contribution is 5.62. The van der Waals surface area contributed by atoms with Crippen molar-refractivity contribution in [1.82, 2.24) is 0 Å². The number of nitrogens with one attached hydrogen (secondary N) is 1. The first kappa shape index (κ1) is 12.1. The van der Waals surface area contributed by atoms with E-state index < -0.39 is 10.7 Å². The minimum atomic E-state index is -0.559. The highest BCUT2D eigenvalue weighted by atomic mass is 19.1. The molecule has 5 nitrogen and oxygen atoms in total. The lowest BCUT2D eigenvalue weighted by atomic mass is 10.2. The maximum Gasteiger partial charge on any atom is 0.292 e. The summed E-state index contributed by atoms with van der Waals surface area (Å²) in [7, 11) is 0. The molecular formula is C12H11FN2O3. The van der Waals surface area contributed by atoms with Crippen LogP contribution in [0.25, 0.3) is 0 Å². The molecule has 1 aromatic carbocycles. The summed E-state index contributed by atoms with van der Waals surface area (Å²) in [5, 5.41) is 13.7. The van der Waals surface area contributed by atoms with Gasteiger partial charge in [0.1, 0.15) is 17.3 Å². The van der Waals surface area contributed by atoms with Crippen molar-refractivity contribution in [3.05, 3.63) is 58.3 Å². The van der Waals surface area contributed by atoms with Crippen molar-refractivity contribution in [3.63, 3.8) is 0 Å². The molecule has 0 amide bonds. The van der Waals surface area contributed by atoms with E-state index in [1.54, 1.807) is 19.1 Å². The highest BCUT2D eigenvalue weighted by Crippen LogP contribution is 2.28. The molecule has 0 aliphatic heterocycles. The Morgan fingerprint density at radius 2 is 2.22 bits per heavy atom. The van der Waals surface area contributed by atoms with Gasteiger partial charge >= 0.3 is 0 Å². The second-order valence-corrected chi connectivity index (χ2v) is 3.80. The van der Waals surface area contributed by atoms with Crippen LogP contribution in [0.15, 0.2) is 41.0 Å². The zero-order valence-corrected chi connectivity index (χ0v) is 9.59. The minimum absolute atomic E-state index is 0.129. The largest absolute Gasteiger partial charge is 0.467 e. The molecular weight excluding hydrogens is 239 g/mol. The van der Waals surface area contributed by atoms with Crippen LogP contribution in [0.3, 0.4) is 0 Å². The first-order valence-corrected chi connectivity index (χ1v) is 5.32.